The number of halogens is 7. The van der Waals surface area contributed by atoms with Crippen molar-refractivity contribution in [1.29, 1.82) is 5.26 Å². The number of nitriles is 1. The first-order chi connectivity index (χ1) is 22.2. The molecular weight excluding hydrogens is 657 g/mol. The Morgan fingerprint density at radius 1 is 1.12 bits per heavy atom. The molecule has 1 aromatic rings. The van der Waals surface area contributed by atoms with Gasteiger partial charge in [-0.15, -0.1) is 0 Å². The molecule has 2 aliphatic carbocycles. The minimum Gasteiger partial charge on any atom is -0.471 e. The van der Waals surface area contributed by atoms with E-state index in [1.54, 1.807) is 5.32 Å². The highest BCUT2D eigenvalue weighted by Crippen LogP contribution is 2.59. The van der Waals surface area contributed by atoms with Gasteiger partial charge in [-0.05, 0) is 48.0 Å². The van der Waals surface area contributed by atoms with Crippen molar-refractivity contribution in [3.63, 3.8) is 0 Å². The van der Waals surface area contributed by atoms with E-state index in [1.165, 1.54) is 20.8 Å². The van der Waals surface area contributed by atoms with Crippen LogP contribution in [0.2, 0.25) is 0 Å². The molecule has 48 heavy (non-hydrogen) atoms. The molecule has 9 atom stereocenters. The highest BCUT2D eigenvalue weighted by molar-refractivity contribution is 6.01. The summed E-state index contributed by atoms with van der Waals surface area (Å²) < 4.78 is 101. The summed E-state index contributed by atoms with van der Waals surface area (Å²) in [6.45, 7) is 3.52. The molecule has 9 unspecified atom stereocenters. The smallest absolute Gasteiger partial charge is 0.471 e. The van der Waals surface area contributed by atoms with Crippen LogP contribution in [0.1, 0.15) is 45.6 Å². The van der Waals surface area contributed by atoms with Gasteiger partial charge in [-0.2, -0.15) is 31.6 Å². The van der Waals surface area contributed by atoms with Crippen LogP contribution >= 0.6 is 0 Å². The zero-order valence-electron chi connectivity index (χ0n) is 25.8. The molecule has 2 saturated heterocycles. The number of hydrogen-bond acceptors (Lipinski definition) is 7. The van der Waals surface area contributed by atoms with Crippen LogP contribution < -0.4 is 15.4 Å². The maximum atomic E-state index is 15.2. The Morgan fingerprint density at radius 3 is 2.42 bits per heavy atom. The van der Waals surface area contributed by atoms with E-state index in [2.05, 4.69) is 10.3 Å². The molecule has 0 aromatic carbocycles. The molecule has 1 spiro atoms. The van der Waals surface area contributed by atoms with Crippen molar-refractivity contribution in [2.45, 2.75) is 82.3 Å². The number of nitrogens with zero attached hydrogens (tertiary/aromatic N) is 4. The standard InChI is InChI=1S/C30H31F7N6O5/c1-27(2,3)21(40-26(47)30(35,36)37)24(45)42-10-16-12-4-15(17(31)5-12)19(16)20(42)23(44)43-11-28(7-14(43)8-38)25(46)41-22-18(48-28)6-13(9-39-22)29(32,33)34/h6,9,12,14-17,19-21H,4-5,7,10-11H2,1-3H3,(H,40,47)(H,39,41,46). The third-order valence-electron chi connectivity index (χ3n) is 10.3. The Bertz CT molecular complexity index is 1610. The van der Waals surface area contributed by atoms with E-state index in [-0.39, 0.29) is 24.7 Å². The topological polar surface area (TPSA) is 145 Å². The number of anilines is 1. The Morgan fingerprint density at radius 2 is 1.81 bits per heavy atom. The number of likely N-dealkylation sites (tertiary alicyclic amines) is 2. The summed E-state index contributed by atoms with van der Waals surface area (Å²) in [6, 6.07) is -2.09. The lowest BCUT2D eigenvalue weighted by Gasteiger charge is -2.39. The second-order valence-corrected chi connectivity index (χ2v) is 14.3. The van der Waals surface area contributed by atoms with E-state index < -0.39 is 113 Å². The Labute approximate surface area is 269 Å². The zero-order chi connectivity index (χ0) is 35.3. The molecule has 4 amide bonds. The van der Waals surface area contributed by atoms with Crippen LogP contribution in [0.15, 0.2) is 12.3 Å². The lowest BCUT2D eigenvalue weighted by atomic mass is 9.77. The Hall–Kier alpha value is -4.17. The average Bonchev–Trinajstić information content (AvgIpc) is 3.73. The van der Waals surface area contributed by atoms with Crippen LogP contribution in [-0.2, 0) is 25.4 Å². The SMILES string of the molecule is CC(C)(C)C(NC(=O)C(F)(F)F)C(=O)N1CC2C3CC(F)C(C3)C2C1C(=O)N1CC2(CC1C#N)Oc1cc(C(F)(F)F)cnc1NC2=O. The van der Waals surface area contributed by atoms with Crippen LogP contribution in [0.4, 0.5) is 36.6 Å². The van der Waals surface area contributed by atoms with Crippen molar-refractivity contribution in [3.8, 4) is 11.8 Å². The molecule has 1 aromatic heterocycles. The van der Waals surface area contributed by atoms with Gasteiger partial charge < -0.3 is 25.2 Å². The van der Waals surface area contributed by atoms with Gasteiger partial charge in [0.05, 0.1) is 18.2 Å². The minimum absolute atomic E-state index is 0.116. The van der Waals surface area contributed by atoms with Crippen molar-refractivity contribution in [3.05, 3.63) is 17.8 Å². The Kier molecular flexibility index (Phi) is 7.67. The molecule has 5 aliphatic rings. The fourth-order valence-electron chi connectivity index (χ4n) is 8.15. The van der Waals surface area contributed by atoms with E-state index in [1.807, 2.05) is 6.07 Å². The maximum Gasteiger partial charge on any atom is 0.471 e. The largest absolute Gasteiger partial charge is 0.471 e. The van der Waals surface area contributed by atoms with Crippen LogP contribution in [0.25, 0.3) is 0 Å². The summed E-state index contributed by atoms with van der Waals surface area (Å²) in [6.07, 6.45) is -10.8. The molecule has 11 nitrogen and oxygen atoms in total. The number of nitrogens with one attached hydrogen (secondary N) is 2. The van der Waals surface area contributed by atoms with Gasteiger partial charge in [0, 0.05) is 19.2 Å². The van der Waals surface area contributed by atoms with Crippen LogP contribution in [0.3, 0.4) is 0 Å². The molecule has 260 valence electrons. The monoisotopic (exact) mass is 688 g/mol. The summed E-state index contributed by atoms with van der Waals surface area (Å²) in [4.78, 5) is 59.5. The first-order valence-corrected chi connectivity index (χ1v) is 15.3. The van der Waals surface area contributed by atoms with Gasteiger partial charge in [0.2, 0.25) is 17.4 Å². The van der Waals surface area contributed by atoms with Crippen LogP contribution in [-0.4, -0.2) is 87.6 Å². The third kappa shape index (κ3) is 5.38. The van der Waals surface area contributed by atoms with Gasteiger partial charge in [-0.1, -0.05) is 20.8 Å². The number of hydrogen-bond donors (Lipinski definition) is 2. The molecule has 2 saturated carbocycles. The fourth-order valence-corrected chi connectivity index (χ4v) is 8.15. The van der Waals surface area contributed by atoms with Gasteiger partial charge in [-0.25, -0.2) is 9.37 Å². The minimum atomic E-state index is -5.32. The van der Waals surface area contributed by atoms with Crippen molar-refractivity contribution in [2.24, 2.45) is 29.1 Å². The normalized spacial score (nSPS) is 33.1. The van der Waals surface area contributed by atoms with E-state index in [0.717, 1.165) is 9.80 Å². The van der Waals surface area contributed by atoms with Crippen LogP contribution in [0.5, 0.6) is 5.75 Å². The molecule has 4 heterocycles. The second kappa shape index (κ2) is 10.9. The van der Waals surface area contributed by atoms with Gasteiger partial charge in [0.25, 0.3) is 5.91 Å². The number of aromatic nitrogens is 1. The highest BCUT2D eigenvalue weighted by atomic mass is 19.4. The first kappa shape index (κ1) is 33.7. The van der Waals surface area contributed by atoms with Crippen LogP contribution in [0, 0.1) is 40.4 Å². The van der Waals surface area contributed by atoms with E-state index >= 15 is 4.39 Å². The number of alkyl halides is 7. The number of fused-ring (bicyclic) bond motifs is 6. The summed E-state index contributed by atoms with van der Waals surface area (Å²) >= 11 is 0. The van der Waals surface area contributed by atoms with E-state index in [0.29, 0.717) is 18.7 Å². The van der Waals surface area contributed by atoms with E-state index in [9.17, 15) is 50.8 Å². The van der Waals surface area contributed by atoms with Gasteiger partial charge in [0.1, 0.15) is 24.3 Å². The molecule has 18 heteroatoms. The molecule has 2 bridgehead atoms. The van der Waals surface area contributed by atoms with Crippen molar-refractivity contribution in [2.75, 3.05) is 18.4 Å². The summed E-state index contributed by atoms with van der Waals surface area (Å²) in [5, 5.41) is 14.2. The summed E-state index contributed by atoms with van der Waals surface area (Å²) in [5.74, 6) is -7.97. The fraction of sp³-hybridized carbons (Fsp3) is 0.667. The number of pyridine rings is 1. The second-order valence-electron chi connectivity index (χ2n) is 14.3. The number of carbonyl (C=O) groups is 4. The predicted molar refractivity (Wildman–Crippen MR) is 148 cm³/mol. The molecule has 6 rings (SSSR count). The highest BCUT2D eigenvalue weighted by Gasteiger charge is 2.65. The van der Waals surface area contributed by atoms with Gasteiger partial charge >= 0.3 is 18.3 Å². The molecule has 4 fully saturated rings. The molecule has 2 N–H and O–H groups in total. The number of amides is 4. The molecule has 3 aliphatic heterocycles. The lowest BCUT2D eigenvalue weighted by molar-refractivity contribution is -0.176. The zero-order valence-corrected chi connectivity index (χ0v) is 25.8. The predicted octanol–water partition coefficient (Wildman–Crippen LogP) is 3.21. The number of carbonyl (C=O) groups excluding carboxylic acids is 4. The average molecular weight is 689 g/mol. The summed E-state index contributed by atoms with van der Waals surface area (Å²) in [5.41, 5.74) is -4.49. The Balaban J connectivity index is 1.34. The van der Waals surface area contributed by atoms with Crippen molar-refractivity contribution in [1.82, 2.24) is 20.1 Å². The maximum absolute atomic E-state index is 15.2. The van der Waals surface area contributed by atoms with Gasteiger partial charge in [0.15, 0.2) is 11.6 Å². The lowest BCUT2D eigenvalue weighted by Crippen LogP contribution is -2.61. The number of rotatable bonds is 3. The van der Waals surface area contributed by atoms with Crippen molar-refractivity contribution < 1.29 is 54.6 Å². The summed E-state index contributed by atoms with van der Waals surface area (Å²) in [7, 11) is 0. The number of ether oxygens (including phenoxy) is 1. The van der Waals surface area contributed by atoms with Gasteiger partial charge in [-0.3, -0.25) is 19.2 Å². The quantitative estimate of drug-likeness (QED) is 0.465. The first-order valence-electron chi connectivity index (χ1n) is 15.3. The van der Waals surface area contributed by atoms with Crippen molar-refractivity contribution >= 4 is 29.4 Å². The van der Waals surface area contributed by atoms with E-state index in [4.69, 9.17) is 4.74 Å². The third-order valence-corrected chi connectivity index (χ3v) is 10.3. The molecule has 0 radical (unpaired) electrons. The molecular formula is C30H31F7N6O5.